The van der Waals surface area contributed by atoms with E-state index < -0.39 is 0 Å². The fourth-order valence-electron chi connectivity index (χ4n) is 1.20. The lowest BCUT2D eigenvalue weighted by Gasteiger charge is -2.14. The summed E-state index contributed by atoms with van der Waals surface area (Å²) in [4.78, 5) is 4.28. The number of pyridine rings is 1. The molecule has 0 bridgehead atoms. The summed E-state index contributed by atoms with van der Waals surface area (Å²) >= 11 is 1.84. The molecule has 72 valence electrons. The van der Waals surface area contributed by atoms with E-state index in [4.69, 9.17) is 0 Å². The predicted molar refractivity (Wildman–Crippen MR) is 59.2 cm³/mol. The number of rotatable bonds is 4. The van der Waals surface area contributed by atoms with Crippen LogP contribution in [0.1, 0.15) is 17.3 Å². The molecule has 1 heterocycles. The van der Waals surface area contributed by atoms with Gasteiger partial charge in [-0.3, -0.25) is 4.98 Å². The Morgan fingerprint density at radius 1 is 1.54 bits per heavy atom. The van der Waals surface area contributed by atoms with Crippen LogP contribution in [0.3, 0.4) is 0 Å². The van der Waals surface area contributed by atoms with Crippen molar-refractivity contribution in [3.63, 3.8) is 0 Å². The van der Waals surface area contributed by atoms with Gasteiger partial charge in [-0.1, -0.05) is 6.07 Å². The third kappa shape index (κ3) is 3.01. The number of nitrogens with one attached hydrogen (secondary N) is 1. The third-order valence-corrected chi connectivity index (χ3v) is 2.69. The zero-order valence-electron chi connectivity index (χ0n) is 8.37. The zero-order valence-corrected chi connectivity index (χ0v) is 9.19. The number of nitrogens with zero attached hydrogens (tertiary/aromatic N) is 1. The Morgan fingerprint density at radius 3 is 2.77 bits per heavy atom. The Balaban J connectivity index is 2.73. The van der Waals surface area contributed by atoms with Crippen LogP contribution < -0.4 is 5.32 Å². The lowest BCUT2D eigenvalue weighted by atomic mass is 10.1. The quantitative estimate of drug-likeness (QED) is 0.797. The van der Waals surface area contributed by atoms with E-state index in [1.54, 1.807) is 0 Å². The lowest BCUT2D eigenvalue weighted by molar-refractivity contribution is 0.659. The normalized spacial score (nSPS) is 12.8. The molecular weight excluding hydrogens is 180 g/mol. The summed E-state index contributed by atoms with van der Waals surface area (Å²) in [6.07, 6.45) is 4.07. The van der Waals surface area contributed by atoms with Gasteiger partial charge in [-0.2, -0.15) is 11.8 Å². The van der Waals surface area contributed by atoms with E-state index in [9.17, 15) is 0 Å². The number of hydrogen-bond acceptors (Lipinski definition) is 3. The van der Waals surface area contributed by atoms with Crippen LogP contribution in [0.25, 0.3) is 0 Å². The van der Waals surface area contributed by atoms with Crippen molar-refractivity contribution >= 4 is 11.8 Å². The summed E-state index contributed by atoms with van der Waals surface area (Å²) in [5.74, 6) is 1.08. The average Bonchev–Trinajstić information content (AvgIpc) is 2.16. The van der Waals surface area contributed by atoms with Crippen LogP contribution >= 0.6 is 11.8 Å². The monoisotopic (exact) mass is 196 g/mol. The lowest BCUT2D eigenvalue weighted by Crippen LogP contribution is -2.18. The zero-order chi connectivity index (χ0) is 9.68. The van der Waals surface area contributed by atoms with E-state index in [1.165, 1.54) is 5.56 Å². The van der Waals surface area contributed by atoms with E-state index in [1.807, 2.05) is 31.9 Å². The molecule has 13 heavy (non-hydrogen) atoms. The van der Waals surface area contributed by atoms with Crippen molar-refractivity contribution in [1.29, 1.82) is 0 Å². The molecule has 0 saturated carbocycles. The molecule has 0 fully saturated rings. The van der Waals surface area contributed by atoms with Gasteiger partial charge in [-0.25, -0.2) is 0 Å². The average molecular weight is 196 g/mol. The smallest absolute Gasteiger partial charge is 0.0424 e. The van der Waals surface area contributed by atoms with Crippen LogP contribution in [0.2, 0.25) is 0 Å². The molecule has 0 radical (unpaired) electrons. The van der Waals surface area contributed by atoms with Crippen LogP contribution in [0.15, 0.2) is 18.3 Å². The molecule has 1 atom stereocenters. The summed E-state index contributed by atoms with van der Waals surface area (Å²) in [7, 11) is 1.99. The van der Waals surface area contributed by atoms with Gasteiger partial charge in [0.25, 0.3) is 0 Å². The minimum Gasteiger partial charge on any atom is -0.312 e. The van der Waals surface area contributed by atoms with Gasteiger partial charge in [0.05, 0.1) is 0 Å². The molecule has 0 aromatic carbocycles. The van der Waals surface area contributed by atoms with Gasteiger partial charge < -0.3 is 5.32 Å². The Kier molecular flexibility index (Phi) is 4.25. The molecule has 0 spiro atoms. The molecule has 0 aliphatic heterocycles. The van der Waals surface area contributed by atoms with Crippen LogP contribution in [-0.2, 0) is 0 Å². The maximum Gasteiger partial charge on any atom is 0.0424 e. The summed E-state index contributed by atoms with van der Waals surface area (Å²) in [6, 6.07) is 4.61. The Bertz CT molecular complexity index is 246. The molecule has 0 saturated heterocycles. The van der Waals surface area contributed by atoms with Crippen molar-refractivity contribution < 1.29 is 0 Å². The standard InChI is InChI=1S/C10H16N2S/c1-8-4-5-9(6-12-8)10(11-2)7-13-3/h4-6,10-11H,7H2,1-3H3. The molecule has 1 unspecified atom stereocenters. The summed E-state index contributed by atoms with van der Waals surface area (Å²) < 4.78 is 0. The molecule has 1 aromatic heterocycles. The molecule has 3 heteroatoms. The molecule has 0 aliphatic rings. The van der Waals surface area contributed by atoms with Gasteiger partial charge in [-0.05, 0) is 31.9 Å². The molecular formula is C10H16N2S. The van der Waals surface area contributed by atoms with Crippen molar-refractivity contribution in [3.8, 4) is 0 Å². The fourth-order valence-corrected chi connectivity index (χ4v) is 1.89. The highest BCUT2D eigenvalue weighted by molar-refractivity contribution is 7.98. The maximum atomic E-state index is 4.28. The van der Waals surface area contributed by atoms with Crippen LogP contribution in [-0.4, -0.2) is 24.0 Å². The summed E-state index contributed by atoms with van der Waals surface area (Å²) in [6.45, 7) is 2.01. The number of aryl methyl sites for hydroxylation is 1. The first-order valence-electron chi connectivity index (χ1n) is 4.36. The third-order valence-electron chi connectivity index (χ3n) is 2.02. The van der Waals surface area contributed by atoms with Crippen molar-refractivity contribution in [2.24, 2.45) is 0 Å². The summed E-state index contributed by atoms with van der Waals surface area (Å²) in [5, 5.41) is 3.28. The highest BCUT2D eigenvalue weighted by Gasteiger charge is 2.07. The minimum absolute atomic E-state index is 0.420. The SMILES string of the molecule is CNC(CSC)c1ccc(C)nc1. The van der Waals surface area contributed by atoms with E-state index in [0.29, 0.717) is 6.04 Å². The number of thioether (sulfide) groups is 1. The predicted octanol–water partition coefficient (Wildman–Crippen LogP) is 2.01. The Morgan fingerprint density at radius 2 is 2.31 bits per heavy atom. The van der Waals surface area contributed by atoms with E-state index in [2.05, 4.69) is 28.7 Å². The highest BCUT2D eigenvalue weighted by Crippen LogP contribution is 2.15. The first kappa shape index (κ1) is 10.5. The first-order valence-corrected chi connectivity index (χ1v) is 5.76. The van der Waals surface area contributed by atoms with Crippen molar-refractivity contribution in [2.75, 3.05) is 19.1 Å². The highest BCUT2D eigenvalue weighted by atomic mass is 32.2. The Hall–Kier alpha value is -0.540. The first-order chi connectivity index (χ1) is 6.27. The van der Waals surface area contributed by atoms with Crippen LogP contribution in [0, 0.1) is 6.92 Å². The minimum atomic E-state index is 0.420. The second-order valence-electron chi connectivity index (χ2n) is 3.03. The Labute approximate surface area is 84.1 Å². The maximum absolute atomic E-state index is 4.28. The van der Waals surface area contributed by atoms with Gasteiger partial charge in [0.1, 0.15) is 0 Å². The summed E-state index contributed by atoms with van der Waals surface area (Å²) in [5.41, 5.74) is 2.34. The molecule has 0 amide bonds. The van der Waals surface area contributed by atoms with E-state index in [-0.39, 0.29) is 0 Å². The second-order valence-corrected chi connectivity index (χ2v) is 3.94. The van der Waals surface area contributed by atoms with Crippen molar-refractivity contribution in [2.45, 2.75) is 13.0 Å². The van der Waals surface area contributed by atoms with Gasteiger partial charge in [-0.15, -0.1) is 0 Å². The van der Waals surface area contributed by atoms with Crippen LogP contribution in [0.5, 0.6) is 0 Å². The molecule has 1 N–H and O–H groups in total. The van der Waals surface area contributed by atoms with Gasteiger partial charge >= 0.3 is 0 Å². The molecule has 1 aromatic rings. The van der Waals surface area contributed by atoms with E-state index in [0.717, 1.165) is 11.4 Å². The van der Waals surface area contributed by atoms with Gasteiger partial charge in [0, 0.05) is 23.7 Å². The van der Waals surface area contributed by atoms with Crippen molar-refractivity contribution in [3.05, 3.63) is 29.6 Å². The fraction of sp³-hybridized carbons (Fsp3) is 0.500. The second kappa shape index (κ2) is 5.25. The van der Waals surface area contributed by atoms with E-state index >= 15 is 0 Å². The molecule has 0 aliphatic carbocycles. The molecule has 1 rings (SSSR count). The molecule has 2 nitrogen and oxygen atoms in total. The largest absolute Gasteiger partial charge is 0.312 e. The number of hydrogen-bond donors (Lipinski definition) is 1. The van der Waals surface area contributed by atoms with Crippen molar-refractivity contribution in [1.82, 2.24) is 10.3 Å². The van der Waals surface area contributed by atoms with Gasteiger partial charge in [0.15, 0.2) is 0 Å². The topological polar surface area (TPSA) is 24.9 Å². The van der Waals surface area contributed by atoms with Gasteiger partial charge in [0.2, 0.25) is 0 Å². The van der Waals surface area contributed by atoms with Crippen LogP contribution in [0.4, 0.5) is 0 Å². The number of aromatic nitrogens is 1.